The first kappa shape index (κ1) is 14.4. The number of aryl methyl sites for hydroxylation is 1. The van der Waals surface area contributed by atoms with Crippen LogP contribution in [0.2, 0.25) is 0 Å². The molecule has 0 saturated carbocycles. The number of hydrogen-bond acceptors (Lipinski definition) is 3. The zero-order valence-electron chi connectivity index (χ0n) is 12.5. The van der Waals surface area contributed by atoms with E-state index in [9.17, 15) is 0 Å². The minimum absolute atomic E-state index is 0.596. The predicted molar refractivity (Wildman–Crippen MR) is 82.6 cm³/mol. The van der Waals surface area contributed by atoms with Crippen LogP contribution in [0.4, 0.5) is 5.69 Å². The SMILES string of the molecule is CCC1CN(C)CCCN1c1c(C)cccc1CN. The lowest BCUT2D eigenvalue weighted by Gasteiger charge is -2.35. The summed E-state index contributed by atoms with van der Waals surface area (Å²) in [6, 6.07) is 7.09. The summed E-state index contributed by atoms with van der Waals surface area (Å²) in [5.74, 6) is 0. The molecule has 0 spiro atoms. The lowest BCUT2D eigenvalue weighted by Crippen LogP contribution is -2.40. The van der Waals surface area contributed by atoms with Crippen LogP contribution in [0.1, 0.15) is 30.9 Å². The van der Waals surface area contributed by atoms with Crippen molar-refractivity contribution in [2.75, 3.05) is 31.6 Å². The Labute approximate surface area is 117 Å². The van der Waals surface area contributed by atoms with Crippen molar-refractivity contribution in [3.8, 4) is 0 Å². The molecule has 1 aliphatic heterocycles. The summed E-state index contributed by atoms with van der Waals surface area (Å²) in [6.07, 6.45) is 2.41. The van der Waals surface area contributed by atoms with Crippen molar-refractivity contribution in [3.05, 3.63) is 29.3 Å². The standard InChI is InChI=1S/C16H27N3/c1-4-15-12-18(3)9-6-10-19(15)16-13(2)7-5-8-14(16)11-17/h5,7-8,15H,4,6,9-12,17H2,1-3H3. The van der Waals surface area contributed by atoms with E-state index in [1.54, 1.807) is 0 Å². The fourth-order valence-electron chi connectivity index (χ4n) is 3.18. The molecule has 1 heterocycles. The summed E-state index contributed by atoms with van der Waals surface area (Å²) in [6.45, 7) is 8.60. The van der Waals surface area contributed by atoms with E-state index in [4.69, 9.17) is 5.73 Å². The summed E-state index contributed by atoms with van der Waals surface area (Å²) >= 11 is 0. The molecule has 3 nitrogen and oxygen atoms in total. The molecule has 1 aromatic rings. The van der Waals surface area contributed by atoms with Crippen LogP contribution in [-0.4, -0.2) is 37.6 Å². The Morgan fingerprint density at radius 1 is 1.32 bits per heavy atom. The molecule has 1 fully saturated rings. The quantitative estimate of drug-likeness (QED) is 0.906. The molecular weight excluding hydrogens is 234 g/mol. The second-order valence-electron chi connectivity index (χ2n) is 5.66. The molecule has 1 saturated heterocycles. The third kappa shape index (κ3) is 3.10. The average Bonchev–Trinajstić information content (AvgIpc) is 2.59. The molecular formula is C16H27N3. The van der Waals surface area contributed by atoms with Crippen molar-refractivity contribution in [2.24, 2.45) is 5.73 Å². The molecule has 0 radical (unpaired) electrons. The van der Waals surface area contributed by atoms with Gasteiger partial charge in [-0.1, -0.05) is 25.1 Å². The molecule has 2 rings (SSSR count). The third-order valence-corrected chi connectivity index (χ3v) is 4.20. The minimum atomic E-state index is 0.596. The van der Waals surface area contributed by atoms with Gasteiger partial charge in [0.05, 0.1) is 0 Å². The van der Waals surface area contributed by atoms with Crippen LogP contribution in [0.25, 0.3) is 0 Å². The van der Waals surface area contributed by atoms with Gasteiger partial charge in [-0.05, 0) is 44.5 Å². The lowest BCUT2D eigenvalue weighted by molar-refractivity contribution is 0.328. The van der Waals surface area contributed by atoms with Crippen LogP contribution < -0.4 is 10.6 Å². The van der Waals surface area contributed by atoms with Gasteiger partial charge in [-0.15, -0.1) is 0 Å². The van der Waals surface area contributed by atoms with Gasteiger partial charge in [0.1, 0.15) is 0 Å². The Balaban J connectivity index is 2.37. The number of nitrogens with zero attached hydrogens (tertiary/aromatic N) is 2. The summed E-state index contributed by atoms with van der Waals surface area (Å²) in [4.78, 5) is 5.05. The predicted octanol–water partition coefficient (Wildman–Crippen LogP) is 2.37. The van der Waals surface area contributed by atoms with Crippen molar-refractivity contribution in [2.45, 2.75) is 39.3 Å². The maximum atomic E-state index is 5.94. The number of rotatable bonds is 3. The first-order chi connectivity index (χ1) is 9.17. The number of likely N-dealkylation sites (N-methyl/N-ethyl adjacent to an activating group) is 1. The molecule has 0 bridgehead atoms. The van der Waals surface area contributed by atoms with E-state index >= 15 is 0 Å². The lowest BCUT2D eigenvalue weighted by atomic mass is 10.0. The third-order valence-electron chi connectivity index (χ3n) is 4.20. The molecule has 1 aliphatic rings. The molecule has 0 aromatic heterocycles. The zero-order valence-corrected chi connectivity index (χ0v) is 12.5. The Kier molecular flexibility index (Phi) is 4.83. The monoisotopic (exact) mass is 261 g/mol. The topological polar surface area (TPSA) is 32.5 Å². The van der Waals surface area contributed by atoms with Gasteiger partial charge in [0.25, 0.3) is 0 Å². The van der Waals surface area contributed by atoms with Crippen molar-refractivity contribution in [1.29, 1.82) is 0 Å². The molecule has 1 atom stereocenters. The highest BCUT2D eigenvalue weighted by Crippen LogP contribution is 2.29. The van der Waals surface area contributed by atoms with Crippen molar-refractivity contribution in [1.82, 2.24) is 4.90 Å². The normalized spacial score (nSPS) is 21.5. The number of hydrogen-bond donors (Lipinski definition) is 1. The van der Waals surface area contributed by atoms with Gasteiger partial charge in [0.2, 0.25) is 0 Å². The Morgan fingerprint density at radius 3 is 2.79 bits per heavy atom. The Morgan fingerprint density at radius 2 is 2.11 bits per heavy atom. The van der Waals surface area contributed by atoms with Crippen LogP contribution in [0.5, 0.6) is 0 Å². The van der Waals surface area contributed by atoms with Gasteiger partial charge >= 0.3 is 0 Å². The average molecular weight is 261 g/mol. The Bertz CT molecular complexity index is 416. The molecule has 1 aromatic carbocycles. The van der Waals surface area contributed by atoms with E-state index in [1.165, 1.54) is 36.2 Å². The van der Waals surface area contributed by atoms with E-state index in [0.29, 0.717) is 12.6 Å². The van der Waals surface area contributed by atoms with Crippen LogP contribution in [-0.2, 0) is 6.54 Å². The largest absolute Gasteiger partial charge is 0.367 e. The second kappa shape index (κ2) is 6.40. The van der Waals surface area contributed by atoms with Crippen LogP contribution in [0.3, 0.4) is 0 Å². The second-order valence-corrected chi connectivity index (χ2v) is 5.66. The molecule has 2 N–H and O–H groups in total. The first-order valence-electron chi connectivity index (χ1n) is 7.41. The van der Waals surface area contributed by atoms with Gasteiger partial charge in [0.15, 0.2) is 0 Å². The molecule has 0 amide bonds. The van der Waals surface area contributed by atoms with Gasteiger partial charge in [-0.25, -0.2) is 0 Å². The first-order valence-corrected chi connectivity index (χ1v) is 7.41. The smallest absolute Gasteiger partial charge is 0.0444 e. The van der Waals surface area contributed by atoms with Crippen LogP contribution in [0.15, 0.2) is 18.2 Å². The van der Waals surface area contributed by atoms with E-state index in [0.717, 1.165) is 13.1 Å². The zero-order chi connectivity index (χ0) is 13.8. The van der Waals surface area contributed by atoms with E-state index in [-0.39, 0.29) is 0 Å². The molecule has 19 heavy (non-hydrogen) atoms. The number of anilines is 1. The minimum Gasteiger partial charge on any atom is -0.367 e. The maximum absolute atomic E-state index is 5.94. The summed E-state index contributed by atoms with van der Waals surface area (Å²) < 4.78 is 0. The fraction of sp³-hybridized carbons (Fsp3) is 0.625. The summed E-state index contributed by atoms with van der Waals surface area (Å²) in [5.41, 5.74) is 9.96. The molecule has 1 unspecified atom stereocenters. The van der Waals surface area contributed by atoms with Crippen molar-refractivity contribution >= 4 is 5.69 Å². The van der Waals surface area contributed by atoms with Gasteiger partial charge < -0.3 is 15.5 Å². The van der Waals surface area contributed by atoms with Gasteiger partial charge in [0, 0.05) is 31.4 Å². The summed E-state index contributed by atoms with van der Waals surface area (Å²) in [7, 11) is 2.23. The van der Waals surface area contributed by atoms with Gasteiger partial charge in [-0.3, -0.25) is 0 Å². The summed E-state index contributed by atoms with van der Waals surface area (Å²) in [5, 5.41) is 0. The van der Waals surface area contributed by atoms with E-state index < -0.39 is 0 Å². The Hall–Kier alpha value is -1.06. The van der Waals surface area contributed by atoms with Crippen LogP contribution >= 0.6 is 0 Å². The van der Waals surface area contributed by atoms with E-state index in [2.05, 4.69) is 48.9 Å². The number of para-hydroxylation sites is 1. The molecule has 0 aliphatic carbocycles. The maximum Gasteiger partial charge on any atom is 0.0444 e. The highest BCUT2D eigenvalue weighted by atomic mass is 15.2. The van der Waals surface area contributed by atoms with Crippen LogP contribution in [0, 0.1) is 6.92 Å². The van der Waals surface area contributed by atoms with Gasteiger partial charge in [-0.2, -0.15) is 0 Å². The molecule has 106 valence electrons. The number of benzene rings is 1. The van der Waals surface area contributed by atoms with E-state index in [1.807, 2.05) is 0 Å². The van der Waals surface area contributed by atoms with Crippen molar-refractivity contribution in [3.63, 3.8) is 0 Å². The fourth-order valence-corrected chi connectivity index (χ4v) is 3.18. The van der Waals surface area contributed by atoms with Crippen molar-refractivity contribution < 1.29 is 0 Å². The molecule has 3 heteroatoms. The highest BCUT2D eigenvalue weighted by Gasteiger charge is 2.24. The number of nitrogens with two attached hydrogens (primary N) is 1. The highest BCUT2D eigenvalue weighted by molar-refractivity contribution is 5.60.